The summed E-state index contributed by atoms with van der Waals surface area (Å²) in [4.78, 5) is 36.8. The average Bonchev–Trinajstić information content (AvgIpc) is 2.77. The van der Waals surface area contributed by atoms with Crippen LogP contribution in [0.15, 0.2) is 79.2 Å². The summed E-state index contributed by atoms with van der Waals surface area (Å²) >= 11 is 9.06. The van der Waals surface area contributed by atoms with E-state index in [2.05, 4.69) is 59.4 Å². The third-order valence-corrected chi connectivity index (χ3v) is 7.61. The Morgan fingerprint density at radius 2 is 1.44 bits per heavy atom. The molecule has 3 aromatic carbocycles. The fraction of sp³-hybridized carbons (Fsp3) is 0.0435. The maximum absolute atomic E-state index is 13.8. The van der Waals surface area contributed by atoms with Gasteiger partial charge in [0.05, 0.1) is 21.8 Å². The van der Waals surface area contributed by atoms with Gasteiger partial charge in [0.1, 0.15) is 5.82 Å². The van der Waals surface area contributed by atoms with Crippen LogP contribution in [0.25, 0.3) is 33.2 Å². The lowest BCUT2D eigenvalue weighted by atomic mass is 10.2. The number of fused-ring (bicyclic) bond motifs is 2. The van der Waals surface area contributed by atoms with Gasteiger partial charge in [-0.2, -0.15) is 9.35 Å². The van der Waals surface area contributed by atoms with Gasteiger partial charge < -0.3 is 0 Å². The molecule has 158 valence electrons. The average molecular weight is 664 g/mol. The molecule has 0 radical (unpaired) electrons. The Bertz CT molecular complexity index is 1660. The van der Waals surface area contributed by atoms with Crippen molar-refractivity contribution < 1.29 is 0 Å². The van der Waals surface area contributed by atoms with Gasteiger partial charge in [0, 0.05) is 18.1 Å². The molecule has 0 bridgehead atoms. The largest absolute Gasteiger partial charge is 0.281 e. The van der Waals surface area contributed by atoms with E-state index in [1.54, 1.807) is 25.1 Å². The smallest absolute Gasteiger partial charge is 0.267 e. The van der Waals surface area contributed by atoms with Gasteiger partial charge in [-0.3, -0.25) is 9.59 Å². The number of benzene rings is 3. The molecule has 0 fully saturated rings. The first kappa shape index (κ1) is 21.5. The van der Waals surface area contributed by atoms with Crippen LogP contribution in [0.1, 0.15) is 5.82 Å². The molecule has 0 saturated heterocycles. The molecule has 0 N–H and O–H groups in total. The second-order valence-corrected chi connectivity index (χ2v) is 10.1. The second-order valence-electron chi connectivity index (χ2n) is 7.14. The molecule has 5 rings (SSSR count). The van der Waals surface area contributed by atoms with E-state index in [1.807, 2.05) is 42.5 Å². The highest BCUT2D eigenvalue weighted by atomic mass is 127. The SMILES string of the molecule is Cc1nc2cc(Br)c(Br)cc2c(=O)n1-n1c(-c2ccccc2)nc2ccc(I)cc2c1=O. The summed E-state index contributed by atoms with van der Waals surface area (Å²) in [5.41, 5.74) is 1.13. The summed E-state index contributed by atoms with van der Waals surface area (Å²) in [7, 11) is 0. The highest BCUT2D eigenvalue weighted by Gasteiger charge is 2.19. The van der Waals surface area contributed by atoms with Crippen LogP contribution < -0.4 is 11.1 Å². The Morgan fingerprint density at radius 1 is 0.781 bits per heavy atom. The summed E-state index contributed by atoms with van der Waals surface area (Å²) in [5, 5.41) is 0.819. The maximum Gasteiger partial charge on any atom is 0.281 e. The zero-order valence-electron chi connectivity index (χ0n) is 16.5. The van der Waals surface area contributed by atoms with Gasteiger partial charge in [-0.1, -0.05) is 30.3 Å². The normalized spacial score (nSPS) is 11.4. The third kappa shape index (κ3) is 3.52. The summed E-state index contributed by atoms with van der Waals surface area (Å²) in [6.45, 7) is 1.71. The number of halogens is 3. The van der Waals surface area contributed by atoms with Crippen molar-refractivity contribution in [3.63, 3.8) is 0 Å². The van der Waals surface area contributed by atoms with Crippen molar-refractivity contribution in [2.75, 3.05) is 0 Å². The van der Waals surface area contributed by atoms with Gasteiger partial charge in [0.15, 0.2) is 5.82 Å². The zero-order chi connectivity index (χ0) is 22.6. The van der Waals surface area contributed by atoms with Gasteiger partial charge in [-0.15, -0.1) is 0 Å². The van der Waals surface area contributed by atoms with E-state index >= 15 is 0 Å². The van der Waals surface area contributed by atoms with Crippen LogP contribution in [0.3, 0.4) is 0 Å². The van der Waals surface area contributed by atoms with Crippen molar-refractivity contribution in [3.05, 3.63) is 99.7 Å². The van der Waals surface area contributed by atoms with E-state index in [-0.39, 0.29) is 11.1 Å². The van der Waals surface area contributed by atoms with Crippen molar-refractivity contribution >= 4 is 76.3 Å². The molecule has 2 heterocycles. The molecule has 0 atom stereocenters. The molecule has 32 heavy (non-hydrogen) atoms. The third-order valence-electron chi connectivity index (χ3n) is 5.09. The van der Waals surface area contributed by atoms with Crippen LogP contribution in [0.2, 0.25) is 0 Å². The Balaban J connectivity index is 1.97. The minimum Gasteiger partial charge on any atom is -0.267 e. The molecule has 0 unspecified atom stereocenters. The lowest BCUT2D eigenvalue weighted by Gasteiger charge is -2.18. The Hall–Kier alpha value is -2.37. The first-order valence-electron chi connectivity index (χ1n) is 9.52. The molecule has 0 aliphatic carbocycles. The summed E-state index contributed by atoms with van der Waals surface area (Å²) in [6, 6.07) is 18.3. The number of nitrogens with zero attached hydrogens (tertiary/aromatic N) is 4. The molecule has 9 heteroatoms. The van der Waals surface area contributed by atoms with E-state index < -0.39 is 0 Å². The zero-order valence-corrected chi connectivity index (χ0v) is 21.8. The summed E-state index contributed by atoms with van der Waals surface area (Å²) in [5.74, 6) is 0.745. The Morgan fingerprint density at radius 3 is 2.19 bits per heavy atom. The quantitative estimate of drug-likeness (QED) is 0.233. The Kier molecular flexibility index (Phi) is 5.50. The number of aryl methyl sites for hydroxylation is 1. The number of aromatic nitrogens is 4. The fourth-order valence-corrected chi connectivity index (χ4v) is 4.79. The van der Waals surface area contributed by atoms with Gasteiger partial charge in [0.2, 0.25) is 0 Å². The van der Waals surface area contributed by atoms with E-state index in [0.717, 1.165) is 12.5 Å². The lowest BCUT2D eigenvalue weighted by Crippen LogP contribution is -2.38. The maximum atomic E-state index is 13.8. The van der Waals surface area contributed by atoms with Crippen molar-refractivity contribution in [1.29, 1.82) is 0 Å². The fourth-order valence-electron chi connectivity index (χ4n) is 3.63. The van der Waals surface area contributed by atoms with Crippen LogP contribution in [-0.4, -0.2) is 19.3 Å². The predicted molar refractivity (Wildman–Crippen MR) is 141 cm³/mol. The van der Waals surface area contributed by atoms with Crippen LogP contribution in [0.4, 0.5) is 0 Å². The molecule has 2 aromatic heterocycles. The number of hydrogen-bond donors (Lipinski definition) is 0. The lowest BCUT2D eigenvalue weighted by molar-refractivity contribution is 0.580. The molecule has 0 aliphatic rings. The summed E-state index contributed by atoms with van der Waals surface area (Å²) < 4.78 is 5.05. The van der Waals surface area contributed by atoms with E-state index in [4.69, 9.17) is 4.98 Å². The van der Waals surface area contributed by atoms with Crippen LogP contribution in [-0.2, 0) is 0 Å². The molecular formula is C23H13Br2IN4O2. The van der Waals surface area contributed by atoms with Crippen LogP contribution in [0, 0.1) is 10.5 Å². The van der Waals surface area contributed by atoms with Crippen molar-refractivity contribution in [2.45, 2.75) is 6.92 Å². The minimum atomic E-state index is -0.355. The van der Waals surface area contributed by atoms with Crippen molar-refractivity contribution in [3.8, 4) is 11.4 Å². The molecule has 0 aliphatic heterocycles. The monoisotopic (exact) mass is 662 g/mol. The van der Waals surface area contributed by atoms with Gasteiger partial charge in [-0.05, 0) is 91.7 Å². The number of rotatable bonds is 2. The standard InChI is InChI=1S/C23H13Br2IN4O2/c1-12-27-20-11-18(25)17(24)10-16(20)22(31)29(12)30-21(13-5-3-2-4-6-13)28-19-8-7-14(26)9-15(19)23(30)32/h2-11H,1H3. The molecular weight excluding hydrogens is 651 g/mol. The van der Waals surface area contributed by atoms with Gasteiger partial charge in [0.25, 0.3) is 11.1 Å². The first-order valence-corrected chi connectivity index (χ1v) is 12.2. The van der Waals surface area contributed by atoms with Gasteiger partial charge in [-0.25, -0.2) is 9.97 Å². The van der Waals surface area contributed by atoms with E-state index in [9.17, 15) is 9.59 Å². The first-order chi connectivity index (χ1) is 15.3. The molecule has 6 nitrogen and oxygen atoms in total. The molecule has 0 amide bonds. The molecule has 0 saturated carbocycles. The van der Waals surface area contributed by atoms with Gasteiger partial charge >= 0.3 is 0 Å². The minimum absolute atomic E-state index is 0.338. The highest BCUT2D eigenvalue weighted by molar-refractivity contribution is 14.1. The topological polar surface area (TPSA) is 69.8 Å². The van der Waals surface area contributed by atoms with E-state index in [0.29, 0.717) is 39.0 Å². The van der Waals surface area contributed by atoms with Crippen LogP contribution >= 0.6 is 54.5 Å². The van der Waals surface area contributed by atoms with Crippen LogP contribution in [0.5, 0.6) is 0 Å². The highest BCUT2D eigenvalue weighted by Crippen LogP contribution is 2.27. The summed E-state index contributed by atoms with van der Waals surface area (Å²) in [6.07, 6.45) is 0. The molecule has 0 spiro atoms. The Labute approximate surface area is 212 Å². The number of hydrogen-bond acceptors (Lipinski definition) is 4. The predicted octanol–water partition coefficient (Wildman–Crippen LogP) is 5.52. The second kappa shape index (κ2) is 8.20. The van der Waals surface area contributed by atoms with E-state index in [1.165, 1.54) is 9.35 Å². The molecule has 5 aromatic rings. The van der Waals surface area contributed by atoms with Crippen molar-refractivity contribution in [2.24, 2.45) is 0 Å². The van der Waals surface area contributed by atoms with Crippen molar-refractivity contribution in [1.82, 2.24) is 19.3 Å².